The van der Waals surface area contributed by atoms with Crippen LogP contribution in [0.2, 0.25) is 0 Å². The molecule has 0 aromatic heterocycles. The van der Waals surface area contributed by atoms with E-state index in [1.54, 1.807) is 0 Å². The molecule has 8 nitrogen and oxygen atoms in total. The Kier molecular flexibility index (Phi) is 7.31. The van der Waals surface area contributed by atoms with Crippen molar-refractivity contribution >= 4 is 23.1 Å². The summed E-state index contributed by atoms with van der Waals surface area (Å²) >= 11 is 0. The van der Waals surface area contributed by atoms with E-state index in [2.05, 4.69) is 20.5 Å². The minimum Gasteiger partial charge on any atom is -0.508 e. The van der Waals surface area contributed by atoms with Gasteiger partial charge in [-0.25, -0.2) is 0 Å². The van der Waals surface area contributed by atoms with Crippen LogP contribution in [0.1, 0.15) is 11.1 Å². The molecule has 0 radical (unpaired) electrons. The Morgan fingerprint density at radius 2 is 1.61 bits per heavy atom. The average molecular weight is 416 g/mol. The van der Waals surface area contributed by atoms with Gasteiger partial charge < -0.3 is 21.9 Å². The summed E-state index contributed by atoms with van der Waals surface area (Å²) in [6.07, 6.45) is 0. The Bertz CT molecular complexity index is 1070. The Balaban J connectivity index is 1.79. The average Bonchev–Trinajstić information content (AvgIpc) is 2.79. The number of nitrogens with one attached hydrogen (secondary N) is 1. The Labute approximate surface area is 180 Å². The molecule has 0 aliphatic rings. The zero-order valence-electron chi connectivity index (χ0n) is 16.8. The van der Waals surface area contributed by atoms with Crippen molar-refractivity contribution in [3.63, 3.8) is 0 Å². The van der Waals surface area contributed by atoms with E-state index >= 15 is 0 Å². The number of benzene rings is 3. The molecule has 0 heterocycles. The van der Waals surface area contributed by atoms with Gasteiger partial charge in [-0.3, -0.25) is 9.79 Å². The second-order valence-corrected chi connectivity index (χ2v) is 6.79. The smallest absolute Gasteiger partial charge is 0.254 e. The number of carbonyl (C=O) groups is 1. The number of aliphatic imine (C=N–C) groups is 1. The molecule has 3 aromatic rings. The van der Waals surface area contributed by atoms with Crippen molar-refractivity contribution in [3.05, 3.63) is 90.0 Å². The molecule has 0 bridgehead atoms. The lowest BCUT2D eigenvalue weighted by Gasteiger charge is -2.12. The Hall–Kier alpha value is -4.20. The highest BCUT2D eigenvalue weighted by molar-refractivity contribution is 6.06. The molecule has 3 aromatic carbocycles. The molecular formula is C23H24N6O2. The SMILES string of the molecule is NC(=NCc1ccccc1)C(N=Nc1ccc(O)cc1N)C(=O)NCc1ccccc1. The molecule has 1 unspecified atom stereocenters. The predicted octanol–water partition coefficient (Wildman–Crippen LogP) is 3.30. The van der Waals surface area contributed by atoms with Crippen molar-refractivity contribution in [2.45, 2.75) is 19.1 Å². The first-order valence-corrected chi connectivity index (χ1v) is 9.67. The fraction of sp³-hybridized carbons (Fsp3) is 0.130. The number of amides is 1. The van der Waals surface area contributed by atoms with Crippen molar-refractivity contribution < 1.29 is 9.90 Å². The topological polar surface area (TPSA) is 138 Å². The molecule has 8 heteroatoms. The third kappa shape index (κ3) is 6.40. The number of phenolic OH excluding ortho intramolecular Hbond substituents is 1. The highest BCUT2D eigenvalue weighted by Crippen LogP contribution is 2.26. The lowest BCUT2D eigenvalue weighted by molar-refractivity contribution is -0.121. The molecule has 0 fully saturated rings. The minimum absolute atomic E-state index is 0.0116. The lowest BCUT2D eigenvalue weighted by atomic mass is 10.2. The van der Waals surface area contributed by atoms with E-state index in [9.17, 15) is 9.90 Å². The summed E-state index contributed by atoms with van der Waals surface area (Å²) < 4.78 is 0. The standard InChI is InChI=1S/C23H24N6O2/c24-19-13-18(30)11-12-20(19)28-29-21(22(25)26-14-16-7-3-1-4-8-16)23(31)27-15-17-9-5-2-6-10-17/h1-13,21,30H,14-15,24H2,(H2,25,26)(H,27,31). The molecule has 1 atom stereocenters. The summed E-state index contributed by atoms with van der Waals surface area (Å²) in [5, 5.41) is 20.5. The monoisotopic (exact) mass is 416 g/mol. The molecule has 31 heavy (non-hydrogen) atoms. The van der Waals surface area contributed by atoms with Crippen molar-refractivity contribution in [2.24, 2.45) is 21.0 Å². The zero-order chi connectivity index (χ0) is 22.1. The maximum Gasteiger partial charge on any atom is 0.254 e. The first kappa shape index (κ1) is 21.5. The van der Waals surface area contributed by atoms with Crippen molar-refractivity contribution in [1.29, 1.82) is 0 Å². The number of nitrogen functional groups attached to an aromatic ring is 1. The lowest BCUT2D eigenvalue weighted by Crippen LogP contribution is -2.42. The molecule has 0 aliphatic carbocycles. The van der Waals surface area contributed by atoms with Crippen LogP contribution in [0.4, 0.5) is 11.4 Å². The van der Waals surface area contributed by atoms with Gasteiger partial charge in [-0.05, 0) is 23.3 Å². The third-order valence-corrected chi connectivity index (χ3v) is 4.42. The highest BCUT2D eigenvalue weighted by Gasteiger charge is 2.22. The Morgan fingerprint density at radius 1 is 0.968 bits per heavy atom. The van der Waals surface area contributed by atoms with Gasteiger partial charge in [0.1, 0.15) is 17.3 Å². The minimum atomic E-state index is -1.12. The van der Waals surface area contributed by atoms with Gasteiger partial charge in [0.2, 0.25) is 6.04 Å². The molecule has 1 amide bonds. The molecule has 158 valence electrons. The number of nitrogens with zero attached hydrogens (tertiary/aromatic N) is 3. The van der Waals surface area contributed by atoms with Gasteiger partial charge in [-0.2, -0.15) is 10.2 Å². The first-order valence-electron chi connectivity index (χ1n) is 9.67. The van der Waals surface area contributed by atoms with Gasteiger partial charge in [0, 0.05) is 12.6 Å². The van der Waals surface area contributed by atoms with E-state index in [4.69, 9.17) is 11.5 Å². The fourth-order valence-electron chi connectivity index (χ4n) is 2.73. The van der Waals surface area contributed by atoms with E-state index < -0.39 is 11.9 Å². The van der Waals surface area contributed by atoms with Crippen LogP contribution in [0, 0.1) is 0 Å². The number of rotatable bonds is 8. The van der Waals surface area contributed by atoms with E-state index in [0.29, 0.717) is 18.8 Å². The van der Waals surface area contributed by atoms with Crippen LogP contribution in [0.3, 0.4) is 0 Å². The third-order valence-electron chi connectivity index (χ3n) is 4.42. The number of aromatic hydroxyl groups is 1. The van der Waals surface area contributed by atoms with Crippen molar-refractivity contribution in [3.8, 4) is 5.75 Å². The quantitative estimate of drug-likeness (QED) is 0.194. The number of anilines is 1. The van der Waals surface area contributed by atoms with Gasteiger partial charge in [-0.1, -0.05) is 60.7 Å². The van der Waals surface area contributed by atoms with Gasteiger partial charge in [0.25, 0.3) is 5.91 Å². The fourth-order valence-corrected chi connectivity index (χ4v) is 2.73. The Morgan fingerprint density at radius 3 is 2.26 bits per heavy atom. The highest BCUT2D eigenvalue weighted by atomic mass is 16.3. The summed E-state index contributed by atoms with van der Waals surface area (Å²) in [4.78, 5) is 17.2. The molecule has 0 saturated heterocycles. The number of hydrogen-bond donors (Lipinski definition) is 4. The van der Waals surface area contributed by atoms with E-state index in [-0.39, 0.29) is 17.3 Å². The van der Waals surface area contributed by atoms with Gasteiger partial charge in [-0.15, -0.1) is 0 Å². The zero-order valence-corrected chi connectivity index (χ0v) is 16.8. The van der Waals surface area contributed by atoms with E-state index in [1.165, 1.54) is 18.2 Å². The second kappa shape index (κ2) is 10.5. The van der Waals surface area contributed by atoms with Crippen LogP contribution in [0.15, 0.2) is 94.1 Å². The summed E-state index contributed by atoms with van der Waals surface area (Å²) in [6.45, 7) is 0.630. The first-order chi connectivity index (χ1) is 15.0. The number of azo groups is 1. The largest absolute Gasteiger partial charge is 0.508 e. The predicted molar refractivity (Wildman–Crippen MR) is 121 cm³/mol. The molecule has 6 N–H and O–H groups in total. The van der Waals surface area contributed by atoms with Crippen LogP contribution in [0.5, 0.6) is 5.75 Å². The number of amidine groups is 1. The van der Waals surface area contributed by atoms with E-state index in [0.717, 1.165) is 11.1 Å². The molecule has 3 rings (SSSR count). The maximum absolute atomic E-state index is 12.8. The van der Waals surface area contributed by atoms with Gasteiger partial charge >= 0.3 is 0 Å². The number of hydrogen-bond acceptors (Lipinski definition) is 6. The van der Waals surface area contributed by atoms with Crippen LogP contribution >= 0.6 is 0 Å². The van der Waals surface area contributed by atoms with Crippen molar-refractivity contribution in [1.82, 2.24) is 5.32 Å². The number of nitrogens with two attached hydrogens (primary N) is 2. The van der Waals surface area contributed by atoms with Gasteiger partial charge in [0.15, 0.2) is 0 Å². The summed E-state index contributed by atoms with van der Waals surface area (Å²) in [7, 11) is 0. The molecule has 0 spiro atoms. The number of carbonyl (C=O) groups excluding carboxylic acids is 1. The molecular weight excluding hydrogens is 392 g/mol. The van der Waals surface area contributed by atoms with Crippen LogP contribution in [-0.2, 0) is 17.9 Å². The molecule has 0 saturated carbocycles. The maximum atomic E-state index is 12.8. The van der Waals surface area contributed by atoms with Crippen LogP contribution in [-0.4, -0.2) is 22.9 Å². The molecule has 0 aliphatic heterocycles. The van der Waals surface area contributed by atoms with Crippen molar-refractivity contribution in [2.75, 3.05) is 5.73 Å². The van der Waals surface area contributed by atoms with Crippen LogP contribution in [0.25, 0.3) is 0 Å². The van der Waals surface area contributed by atoms with E-state index in [1.807, 2.05) is 60.7 Å². The second-order valence-electron chi connectivity index (χ2n) is 6.79. The van der Waals surface area contributed by atoms with Crippen LogP contribution < -0.4 is 16.8 Å². The summed E-state index contributed by atoms with van der Waals surface area (Å²) in [5.41, 5.74) is 14.4. The summed E-state index contributed by atoms with van der Waals surface area (Å²) in [5.74, 6) is -0.382. The summed E-state index contributed by atoms with van der Waals surface area (Å²) in [6, 6.07) is 22.2. The normalized spacial score (nSPS) is 12.6. The number of phenols is 1. The van der Waals surface area contributed by atoms with Gasteiger partial charge in [0.05, 0.1) is 12.2 Å².